The Hall–Kier alpha value is -1.99. The molecule has 1 amide bonds. The van der Waals surface area contributed by atoms with Crippen LogP contribution < -0.4 is 5.32 Å². The summed E-state index contributed by atoms with van der Waals surface area (Å²) in [6, 6.07) is 7.40. The molecule has 0 unspecified atom stereocenters. The van der Waals surface area contributed by atoms with E-state index in [0.29, 0.717) is 17.6 Å². The van der Waals surface area contributed by atoms with Gasteiger partial charge in [0.1, 0.15) is 0 Å². The van der Waals surface area contributed by atoms with Gasteiger partial charge in [-0.25, -0.2) is 5.10 Å². The lowest BCUT2D eigenvalue weighted by atomic mass is 9.51. The number of carbonyl (C=O) groups is 1. The summed E-state index contributed by atoms with van der Waals surface area (Å²) >= 11 is 4.87. The smallest absolute Gasteiger partial charge is 0.284 e. The van der Waals surface area contributed by atoms with Gasteiger partial charge >= 0.3 is 0 Å². The number of H-pyrrole nitrogens is 1. The van der Waals surface area contributed by atoms with E-state index in [0.717, 1.165) is 31.4 Å². The molecule has 1 spiro atoms. The van der Waals surface area contributed by atoms with Gasteiger partial charge in [0.05, 0.1) is 6.10 Å². The second-order valence-electron chi connectivity index (χ2n) is 6.79. The van der Waals surface area contributed by atoms with Gasteiger partial charge < -0.3 is 14.5 Å². The van der Waals surface area contributed by atoms with Crippen molar-refractivity contribution in [3.05, 3.63) is 34.7 Å². The average molecular weight is 359 g/mol. The van der Waals surface area contributed by atoms with Crippen molar-refractivity contribution in [2.75, 3.05) is 6.61 Å². The molecule has 2 fully saturated rings. The van der Waals surface area contributed by atoms with Crippen LogP contribution in [0.5, 0.6) is 0 Å². The number of aromatic amines is 1. The Morgan fingerprint density at radius 1 is 1.44 bits per heavy atom. The van der Waals surface area contributed by atoms with E-state index in [9.17, 15) is 4.79 Å². The first-order valence-electron chi connectivity index (χ1n) is 8.71. The number of ether oxygens (including phenoxy) is 1. The first-order chi connectivity index (χ1) is 12.1. The number of aromatic nitrogens is 2. The number of nitrogens with zero attached hydrogens (tertiary/aromatic N) is 1. The van der Waals surface area contributed by atoms with Gasteiger partial charge in [-0.3, -0.25) is 4.79 Å². The fraction of sp³-hybridized carbons (Fsp3) is 0.500. The van der Waals surface area contributed by atoms with Crippen molar-refractivity contribution in [2.45, 2.75) is 44.8 Å². The molecule has 25 heavy (non-hydrogen) atoms. The lowest BCUT2D eigenvalue weighted by Gasteiger charge is -2.61. The lowest BCUT2D eigenvalue weighted by Crippen LogP contribution is -2.67. The van der Waals surface area contributed by atoms with Crippen LogP contribution in [-0.2, 0) is 4.74 Å². The van der Waals surface area contributed by atoms with Crippen LogP contribution in [0.15, 0.2) is 28.7 Å². The lowest BCUT2D eigenvalue weighted by molar-refractivity contribution is -0.169. The third-order valence-corrected chi connectivity index (χ3v) is 5.75. The molecule has 132 valence electrons. The van der Waals surface area contributed by atoms with Crippen molar-refractivity contribution >= 4 is 18.1 Å². The van der Waals surface area contributed by atoms with E-state index >= 15 is 0 Å². The van der Waals surface area contributed by atoms with Crippen LogP contribution in [0.3, 0.4) is 0 Å². The van der Waals surface area contributed by atoms with Gasteiger partial charge in [-0.1, -0.05) is 6.42 Å². The highest BCUT2D eigenvalue weighted by Gasteiger charge is 2.59. The highest BCUT2D eigenvalue weighted by Crippen LogP contribution is 2.57. The fourth-order valence-corrected chi connectivity index (χ4v) is 4.12. The van der Waals surface area contributed by atoms with E-state index in [2.05, 4.69) is 15.5 Å². The summed E-state index contributed by atoms with van der Waals surface area (Å²) in [4.78, 5) is 12.8. The van der Waals surface area contributed by atoms with Gasteiger partial charge in [0, 0.05) is 29.2 Å². The van der Waals surface area contributed by atoms with Gasteiger partial charge in [0.15, 0.2) is 0 Å². The molecule has 0 bridgehead atoms. The molecule has 4 rings (SSSR count). The van der Waals surface area contributed by atoms with Gasteiger partial charge in [-0.05, 0) is 62.7 Å². The third kappa shape index (κ3) is 2.81. The van der Waals surface area contributed by atoms with E-state index in [1.807, 2.05) is 19.1 Å². The predicted octanol–water partition coefficient (Wildman–Crippen LogP) is 3.48. The minimum atomic E-state index is -0.0410. The average Bonchev–Trinajstić information content (AvgIpc) is 2.99. The van der Waals surface area contributed by atoms with Gasteiger partial charge in [-0.2, -0.15) is 0 Å². The molecule has 2 aliphatic carbocycles. The minimum absolute atomic E-state index is 0.0410. The van der Waals surface area contributed by atoms with Gasteiger partial charge in [0.25, 0.3) is 10.7 Å². The molecule has 2 aromatic rings. The summed E-state index contributed by atoms with van der Waals surface area (Å²) in [6.45, 7) is 2.76. The van der Waals surface area contributed by atoms with E-state index in [1.165, 1.54) is 6.42 Å². The summed E-state index contributed by atoms with van der Waals surface area (Å²) in [6.07, 6.45) is 4.72. The van der Waals surface area contributed by atoms with Crippen molar-refractivity contribution in [3.63, 3.8) is 0 Å². The summed E-state index contributed by atoms with van der Waals surface area (Å²) in [5.74, 6) is 0.379. The summed E-state index contributed by atoms with van der Waals surface area (Å²) in [5, 5.41) is 9.77. The Morgan fingerprint density at radius 2 is 2.20 bits per heavy atom. The number of carbonyl (C=O) groups excluding carboxylic acids is 1. The Kier molecular flexibility index (Phi) is 4.21. The molecule has 0 radical (unpaired) electrons. The zero-order valence-corrected chi connectivity index (χ0v) is 14.9. The molecule has 1 aromatic heterocycles. The maximum Gasteiger partial charge on any atom is 0.284 e. The molecule has 7 heteroatoms. The highest BCUT2D eigenvalue weighted by molar-refractivity contribution is 7.71. The zero-order valence-electron chi connectivity index (χ0n) is 14.1. The van der Waals surface area contributed by atoms with Crippen LogP contribution in [0.4, 0.5) is 0 Å². The Labute approximate surface area is 151 Å². The zero-order chi connectivity index (χ0) is 17.4. The molecule has 0 aliphatic heterocycles. The highest BCUT2D eigenvalue weighted by atomic mass is 32.1. The molecule has 1 heterocycles. The van der Waals surface area contributed by atoms with Gasteiger partial charge in [0.2, 0.25) is 5.89 Å². The predicted molar refractivity (Wildman–Crippen MR) is 94.7 cm³/mol. The van der Waals surface area contributed by atoms with Crippen molar-refractivity contribution in [3.8, 4) is 11.5 Å². The second-order valence-corrected chi connectivity index (χ2v) is 7.16. The number of hydrogen-bond donors (Lipinski definition) is 2. The topological polar surface area (TPSA) is 80.1 Å². The molecule has 1 aromatic carbocycles. The van der Waals surface area contributed by atoms with Crippen LogP contribution in [0.1, 0.15) is 43.0 Å². The normalized spacial score (nSPS) is 23.7. The van der Waals surface area contributed by atoms with Crippen LogP contribution >= 0.6 is 12.2 Å². The van der Waals surface area contributed by atoms with E-state index in [1.54, 1.807) is 12.1 Å². The molecule has 2 atom stereocenters. The number of rotatable bonds is 5. The molecule has 6 nitrogen and oxygen atoms in total. The maximum atomic E-state index is 12.6. The SMILES string of the molecule is CCO[C@@H]1C[C@@H](NC(=O)c2ccc(-c3n[nH]c(=S)o3)cc2)C12CCC2. The number of hydrogen-bond acceptors (Lipinski definition) is 5. The molecular weight excluding hydrogens is 338 g/mol. The second kappa shape index (κ2) is 6.38. The van der Waals surface area contributed by atoms with E-state index < -0.39 is 0 Å². The summed E-state index contributed by atoms with van der Waals surface area (Å²) < 4.78 is 11.1. The Balaban J connectivity index is 1.42. The molecule has 0 saturated heterocycles. The number of benzene rings is 1. The third-order valence-electron chi connectivity index (χ3n) is 5.57. The van der Waals surface area contributed by atoms with Crippen LogP contribution in [0.25, 0.3) is 11.5 Å². The van der Waals surface area contributed by atoms with Crippen molar-refractivity contribution in [1.82, 2.24) is 15.5 Å². The standard InChI is InChI=1S/C18H21N3O3S/c1-2-23-14-10-13(18(14)8-3-9-18)19-15(22)11-4-6-12(7-5-11)16-20-21-17(25)24-16/h4-7,13-14H,2-3,8-10H2,1H3,(H,19,22)(H,21,25)/t13-,14-/m1/s1. The molecule has 2 aliphatic rings. The molecular formula is C18H21N3O3S. The maximum absolute atomic E-state index is 12.6. The van der Waals surface area contributed by atoms with E-state index in [4.69, 9.17) is 21.4 Å². The number of amides is 1. The largest absolute Gasteiger partial charge is 0.409 e. The summed E-state index contributed by atoms with van der Waals surface area (Å²) in [5.41, 5.74) is 1.57. The van der Waals surface area contributed by atoms with Crippen LogP contribution in [0.2, 0.25) is 0 Å². The van der Waals surface area contributed by atoms with Crippen LogP contribution in [-0.4, -0.2) is 34.9 Å². The first-order valence-corrected chi connectivity index (χ1v) is 9.11. The fourth-order valence-electron chi connectivity index (χ4n) is 4.00. The first kappa shape index (κ1) is 16.5. The minimum Gasteiger partial charge on any atom is -0.409 e. The quantitative estimate of drug-likeness (QED) is 0.799. The molecule has 2 N–H and O–H groups in total. The summed E-state index contributed by atoms with van der Waals surface area (Å²) in [7, 11) is 0. The van der Waals surface area contributed by atoms with Gasteiger partial charge in [-0.15, -0.1) is 5.10 Å². The van der Waals surface area contributed by atoms with Crippen molar-refractivity contribution in [1.29, 1.82) is 0 Å². The Bertz CT molecular complexity index is 823. The van der Waals surface area contributed by atoms with E-state index in [-0.39, 0.29) is 22.2 Å². The Morgan fingerprint density at radius 3 is 2.76 bits per heavy atom. The van der Waals surface area contributed by atoms with Crippen LogP contribution in [0, 0.1) is 10.3 Å². The number of nitrogens with one attached hydrogen (secondary N) is 2. The monoisotopic (exact) mass is 359 g/mol. The van der Waals surface area contributed by atoms with Crippen molar-refractivity contribution in [2.24, 2.45) is 5.41 Å². The molecule has 2 saturated carbocycles. The van der Waals surface area contributed by atoms with Crippen molar-refractivity contribution < 1.29 is 13.9 Å².